The summed E-state index contributed by atoms with van der Waals surface area (Å²) >= 11 is 1.55. The summed E-state index contributed by atoms with van der Waals surface area (Å²) in [6.45, 7) is 4.45. The van der Waals surface area contributed by atoms with Gasteiger partial charge in [0.15, 0.2) is 0 Å². The second-order valence-corrected chi connectivity index (χ2v) is 4.87. The molecule has 0 N–H and O–H groups in total. The van der Waals surface area contributed by atoms with E-state index in [9.17, 15) is 0 Å². The molecule has 1 aliphatic carbocycles. The molecule has 0 aromatic heterocycles. The summed E-state index contributed by atoms with van der Waals surface area (Å²) in [5.74, 6) is 0.666. The summed E-state index contributed by atoms with van der Waals surface area (Å²) in [5, 5.41) is 0. The average Bonchev–Trinajstić information content (AvgIpc) is 2.28. The molecular weight excluding hydrogens is 294 g/mol. The Hall–Kier alpha value is 0.423. The van der Waals surface area contributed by atoms with E-state index in [-0.39, 0.29) is 24.8 Å². The molecule has 0 aliphatic heterocycles. The minimum Gasteiger partial charge on any atom is -1.00 e. The normalized spacial score (nSPS) is 17.7. The van der Waals surface area contributed by atoms with Gasteiger partial charge in [0.2, 0.25) is 0 Å². The summed E-state index contributed by atoms with van der Waals surface area (Å²) < 4.78 is 1.57. The zero-order valence-electron chi connectivity index (χ0n) is 8.14. The van der Waals surface area contributed by atoms with Crippen molar-refractivity contribution in [1.29, 1.82) is 0 Å². The molecule has 3 heteroatoms. The van der Waals surface area contributed by atoms with E-state index in [0.29, 0.717) is 5.92 Å². The Balaban J connectivity index is 0.000000845. The number of hydrogen-bond donors (Lipinski definition) is 0. The Labute approximate surface area is 113 Å². The summed E-state index contributed by atoms with van der Waals surface area (Å²) in [6, 6.07) is 6.75. The van der Waals surface area contributed by atoms with E-state index in [2.05, 4.69) is 38.1 Å². The van der Waals surface area contributed by atoms with Gasteiger partial charge >= 0.3 is 88.7 Å². The molecule has 0 saturated carbocycles. The van der Waals surface area contributed by atoms with Crippen LogP contribution < -0.4 is 24.8 Å². The molecule has 2 rings (SSSR count). The van der Waals surface area contributed by atoms with Crippen LogP contribution in [0, 0.1) is 6.92 Å². The van der Waals surface area contributed by atoms with Crippen molar-refractivity contribution >= 4 is 6.08 Å². The van der Waals surface area contributed by atoms with Gasteiger partial charge in [-0.05, 0) is 0 Å². The van der Waals surface area contributed by atoms with E-state index >= 15 is 0 Å². The molecule has 1 unspecified atom stereocenters. The summed E-state index contributed by atoms with van der Waals surface area (Å²) in [4.78, 5) is 0. The number of halogens is 2. The van der Waals surface area contributed by atoms with Crippen LogP contribution in [0.1, 0.15) is 29.5 Å². The predicted molar refractivity (Wildman–Crippen MR) is 47.6 cm³/mol. The maximum Gasteiger partial charge on any atom is -1.00 e. The molecule has 0 amide bonds. The number of aryl methyl sites for hydroxylation is 1. The first kappa shape index (κ1) is 14.4. The fraction of sp³-hybridized carbons (Fsp3) is 0.273. The van der Waals surface area contributed by atoms with E-state index in [4.69, 9.17) is 0 Å². The molecule has 1 aromatic carbocycles. The SMILES string of the molecule is Cc1ccc2c(c1)C=[C]([Zr+2])C2C.[Cl-].[Cl-]. The Kier molecular flexibility index (Phi) is 5.66. The van der Waals surface area contributed by atoms with Gasteiger partial charge in [0.1, 0.15) is 0 Å². The molecule has 14 heavy (non-hydrogen) atoms. The van der Waals surface area contributed by atoms with Gasteiger partial charge in [0.25, 0.3) is 0 Å². The Bertz CT molecular complexity index is 358. The van der Waals surface area contributed by atoms with E-state index in [1.165, 1.54) is 16.7 Å². The predicted octanol–water partition coefficient (Wildman–Crippen LogP) is -2.99. The third kappa shape index (κ3) is 2.51. The van der Waals surface area contributed by atoms with Gasteiger partial charge in [0.05, 0.1) is 0 Å². The van der Waals surface area contributed by atoms with Crippen LogP contribution in [0.25, 0.3) is 6.08 Å². The number of rotatable bonds is 0. The smallest absolute Gasteiger partial charge is 1.00 e. The van der Waals surface area contributed by atoms with Crippen molar-refractivity contribution in [3.63, 3.8) is 0 Å². The van der Waals surface area contributed by atoms with Gasteiger partial charge in [-0.3, -0.25) is 0 Å². The summed E-state index contributed by atoms with van der Waals surface area (Å²) in [5.41, 5.74) is 4.31. The molecule has 0 saturated heterocycles. The minimum atomic E-state index is 0. The molecule has 0 radical (unpaired) electrons. The Morgan fingerprint density at radius 2 is 1.86 bits per heavy atom. The monoisotopic (exact) mass is 303 g/mol. The van der Waals surface area contributed by atoms with Crippen LogP contribution in [0.3, 0.4) is 0 Å². The van der Waals surface area contributed by atoms with Crippen molar-refractivity contribution < 1.29 is 49.5 Å². The van der Waals surface area contributed by atoms with Crippen molar-refractivity contribution in [3.05, 3.63) is 38.2 Å². The molecule has 73 valence electrons. The summed E-state index contributed by atoms with van der Waals surface area (Å²) in [7, 11) is 0. The van der Waals surface area contributed by atoms with Crippen LogP contribution in [-0.2, 0) is 24.7 Å². The van der Waals surface area contributed by atoms with Gasteiger partial charge in [0, 0.05) is 0 Å². The molecule has 0 nitrogen and oxygen atoms in total. The van der Waals surface area contributed by atoms with Gasteiger partial charge in [-0.2, -0.15) is 0 Å². The third-order valence-corrected chi connectivity index (χ3v) is 3.91. The molecule has 1 aromatic rings. The molecule has 1 aliphatic rings. The molecule has 0 fully saturated rings. The number of fused-ring (bicyclic) bond motifs is 1. The fourth-order valence-electron chi connectivity index (χ4n) is 1.67. The average molecular weight is 305 g/mol. The molecule has 0 bridgehead atoms. The van der Waals surface area contributed by atoms with Gasteiger partial charge in [-0.1, -0.05) is 0 Å². The van der Waals surface area contributed by atoms with Gasteiger partial charge in [-0.15, -0.1) is 0 Å². The topological polar surface area (TPSA) is 0 Å². The van der Waals surface area contributed by atoms with Crippen LogP contribution >= 0.6 is 0 Å². The van der Waals surface area contributed by atoms with Crippen LogP contribution in [0.5, 0.6) is 0 Å². The van der Waals surface area contributed by atoms with Crippen molar-refractivity contribution in [2.24, 2.45) is 0 Å². The quantitative estimate of drug-likeness (QED) is 0.480. The molecule has 1 atom stereocenters. The van der Waals surface area contributed by atoms with Crippen molar-refractivity contribution in [1.82, 2.24) is 0 Å². The van der Waals surface area contributed by atoms with E-state index in [1.807, 2.05) is 0 Å². The van der Waals surface area contributed by atoms with Gasteiger partial charge in [-0.25, -0.2) is 0 Å². The van der Waals surface area contributed by atoms with E-state index < -0.39 is 0 Å². The maximum atomic E-state index is 2.34. The maximum absolute atomic E-state index is 2.34. The Morgan fingerprint density at radius 1 is 1.21 bits per heavy atom. The first-order chi connectivity index (χ1) is 5.68. The molecule has 0 spiro atoms. The largest absolute Gasteiger partial charge is 1.00 e. The van der Waals surface area contributed by atoms with Crippen molar-refractivity contribution in [2.45, 2.75) is 19.8 Å². The molecule has 0 heterocycles. The summed E-state index contributed by atoms with van der Waals surface area (Å²) in [6.07, 6.45) is 2.34. The van der Waals surface area contributed by atoms with E-state index in [0.717, 1.165) is 0 Å². The van der Waals surface area contributed by atoms with Crippen LogP contribution in [-0.4, -0.2) is 0 Å². The third-order valence-electron chi connectivity index (χ3n) is 2.49. The van der Waals surface area contributed by atoms with Crippen molar-refractivity contribution in [3.8, 4) is 0 Å². The first-order valence-corrected chi connectivity index (χ1v) is 5.45. The number of hydrogen-bond acceptors (Lipinski definition) is 0. The second kappa shape index (κ2) is 5.49. The second-order valence-electron chi connectivity index (χ2n) is 3.45. The van der Waals surface area contributed by atoms with Crippen LogP contribution in [0.4, 0.5) is 0 Å². The zero-order chi connectivity index (χ0) is 8.72. The first-order valence-electron chi connectivity index (χ1n) is 4.22. The fourth-order valence-corrected chi connectivity index (χ4v) is 2.44. The Morgan fingerprint density at radius 3 is 2.50 bits per heavy atom. The van der Waals surface area contributed by atoms with E-state index in [1.54, 1.807) is 28.0 Å². The van der Waals surface area contributed by atoms with Crippen LogP contribution in [0.2, 0.25) is 0 Å². The van der Waals surface area contributed by atoms with Gasteiger partial charge < -0.3 is 24.8 Å². The molecular formula is C11H11Cl2Zr. The number of allylic oxidation sites excluding steroid dienone is 1. The minimum absolute atomic E-state index is 0. The van der Waals surface area contributed by atoms with Crippen molar-refractivity contribution in [2.75, 3.05) is 0 Å². The zero-order valence-corrected chi connectivity index (χ0v) is 12.1. The number of benzene rings is 1. The standard InChI is InChI=1S/C11H11.2ClH.Zr/c1-8-3-6-11-9(2)4-5-10(11)7-8;;;/h3,5-7,9H,1-2H3;2*1H;/q;;;+2/p-2. The van der Waals surface area contributed by atoms with Crippen LogP contribution in [0.15, 0.2) is 21.5 Å².